The van der Waals surface area contributed by atoms with Gasteiger partial charge in [0.05, 0.1) is 5.57 Å². The molecule has 44 heavy (non-hydrogen) atoms. The number of anilines is 3. The molecule has 7 aromatic carbocycles. The minimum atomic E-state index is -0.207. The van der Waals surface area contributed by atoms with Crippen molar-refractivity contribution in [2.24, 2.45) is 0 Å². The molecule has 0 radical (unpaired) electrons. The summed E-state index contributed by atoms with van der Waals surface area (Å²) in [6, 6.07) is 47.9. The maximum atomic E-state index is 13.1. The largest absolute Gasteiger partial charge is 0.310 e. The first-order chi connectivity index (χ1) is 21.5. The topological polar surface area (TPSA) is 37.4 Å². The normalized spacial score (nSPS) is 13.7. The third-order valence-electron chi connectivity index (χ3n) is 8.55. The summed E-state index contributed by atoms with van der Waals surface area (Å²) in [6.45, 7) is 1.93. The van der Waals surface area contributed by atoms with Gasteiger partial charge in [-0.3, -0.25) is 9.59 Å². The maximum Gasteiger partial charge on any atom is 0.197 e. The molecule has 208 valence electrons. The molecule has 0 atom stereocenters. The molecule has 3 heteroatoms. The van der Waals surface area contributed by atoms with Crippen LogP contribution in [0.3, 0.4) is 0 Å². The van der Waals surface area contributed by atoms with Gasteiger partial charge in [-0.1, -0.05) is 96.6 Å². The van der Waals surface area contributed by atoms with E-state index in [0.717, 1.165) is 39.0 Å². The molecule has 0 amide bonds. The first-order valence-electron chi connectivity index (χ1n) is 14.8. The van der Waals surface area contributed by atoms with Crippen molar-refractivity contribution in [3.05, 3.63) is 167 Å². The Morgan fingerprint density at radius 3 is 1.55 bits per heavy atom. The number of nitrogens with zero attached hydrogens (tertiary/aromatic N) is 1. The first kappa shape index (κ1) is 25.9. The summed E-state index contributed by atoms with van der Waals surface area (Å²) < 4.78 is 0. The van der Waals surface area contributed by atoms with Crippen LogP contribution in [0.4, 0.5) is 17.1 Å². The van der Waals surface area contributed by atoms with Crippen LogP contribution in [0.15, 0.2) is 145 Å². The van der Waals surface area contributed by atoms with E-state index >= 15 is 0 Å². The molecule has 3 nitrogen and oxygen atoms in total. The Hall–Kier alpha value is -5.80. The molecule has 0 saturated heterocycles. The van der Waals surface area contributed by atoms with Gasteiger partial charge >= 0.3 is 0 Å². The molecule has 1 aliphatic carbocycles. The number of carbonyl (C=O) groups is 2. The predicted octanol–water partition coefficient (Wildman–Crippen LogP) is 10.4. The smallest absolute Gasteiger partial charge is 0.197 e. The van der Waals surface area contributed by atoms with Crippen molar-refractivity contribution in [2.75, 3.05) is 4.90 Å². The fraction of sp³-hybridized carbons (Fsp3) is 0.0244. The van der Waals surface area contributed by atoms with Gasteiger partial charge in [0, 0.05) is 28.2 Å². The van der Waals surface area contributed by atoms with E-state index in [-0.39, 0.29) is 17.1 Å². The average Bonchev–Trinajstić information content (AvgIpc) is 3.28. The van der Waals surface area contributed by atoms with Crippen molar-refractivity contribution >= 4 is 67.0 Å². The van der Waals surface area contributed by atoms with E-state index < -0.39 is 0 Å². The highest BCUT2D eigenvalue weighted by Gasteiger charge is 2.32. The van der Waals surface area contributed by atoms with E-state index in [2.05, 4.69) is 114 Å². The van der Waals surface area contributed by atoms with Gasteiger partial charge in [0.2, 0.25) is 0 Å². The number of ketones is 2. The second-order valence-electron chi connectivity index (χ2n) is 11.5. The molecule has 0 saturated carbocycles. The summed E-state index contributed by atoms with van der Waals surface area (Å²) in [4.78, 5) is 28.4. The number of hydrogen-bond donors (Lipinski definition) is 0. The van der Waals surface area contributed by atoms with E-state index in [0.29, 0.717) is 11.1 Å². The van der Waals surface area contributed by atoms with Crippen LogP contribution >= 0.6 is 0 Å². The van der Waals surface area contributed by atoms with Gasteiger partial charge in [-0.05, 0) is 99.4 Å². The third kappa shape index (κ3) is 4.38. The zero-order valence-electron chi connectivity index (χ0n) is 24.1. The minimum absolute atomic E-state index is 0.203. The number of Topliss-reactive ketones (excluding diaryl/α,β-unsaturated/α-hetero) is 2. The zero-order chi connectivity index (χ0) is 29.8. The molecule has 1 aliphatic rings. The van der Waals surface area contributed by atoms with Gasteiger partial charge < -0.3 is 4.90 Å². The lowest BCUT2D eigenvalue weighted by Gasteiger charge is -2.26. The second-order valence-corrected chi connectivity index (χ2v) is 11.5. The molecule has 7 aromatic rings. The van der Waals surface area contributed by atoms with Gasteiger partial charge in [-0.2, -0.15) is 0 Å². The highest BCUT2D eigenvalue weighted by atomic mass is 16.2. The van der Waals surface area contributed by atoms with Crippen LogP contribution in [0.1, 0.15) is 31.8 Å². The van der Waals surface area contributed by atoms with E-state index in [9.17, 15) is 9.59 Å². The molecule has 0 heterocycles. The molecule has 0 spiro atoms. The number of hydrogen-bond acceptors (Lipinski definition) is 3. The molecule has 0 aliphatic heterocycles. The monoisotopic (exact) mass is 565 g/mol. The van der Waals surface area contributed by atoms with Crippen molar-refractivity contribution in [3.8, 4) is 0 Å². The summed E-state index contributed by atoms with van der Waals surface area (Å²) in [7, 11) is 0. The van der Waals surface area contributed by atoms with Gasteiger partial charge in [0.25, 0.3) is 0 Å². The van der Waals surface area contributed by atoms with E-state index in [4.69, 9.17) is 0 Å². The van der Waals surface area contributed by atoms with Gasteiger partial charge in [0.15, 0.2) is 11.6 Å². The number of carbonyl (C=O) groups excluding carboxylic acids is 2. The molecule has 0 bridgehead atoms. The zero-order valence-corrected chi connectivity index (χ0v) is 24.1. The van der Waals surface area contributed by atoms with Crippen LogP contribution < -0.4 is 4.90 Å². The molecular weight excluding hydrogens is 538 g/mol. The van der Waals surface area contributed by atoms with Crippen LogP contribution in [0.25, 0.3) is 38.4 Å². The standard InChI is InChI=1S/C41H27NO2/c1-26-10-19-37-38(20-26)41(44)39(40(37)43)22-27-11-12-33-25-36(18-15-32(33)21-27)42(34-16-13-28-6-2-4-8-30(28)23-34)35-17-14-29-7-3-5-9-31(29)24-35/h2-25H,1H3. The highest BCUT2D eigenvalue weighted by molar-refractivity contribution is 6.41. The summed E-state index contributed by atoms with van der Waals surface area (Å²) >= 11 is 0. The fourth-order valence-corrected chi connectivity index (χ4v) is 6.29. The Kier molecular flexibility index (Phi) is 5.99. The van der Waals surface area contributed by atoms with Crippen LogP contribution in [-0.2, 0) is 0 Å². The van der Waals surface area contributed by atoms with E-state index in [1.54, 1.807) is 18.2 Å². The van der Waals surface area contributed by atoms with E-state index in [1.165, 1.54) is 21.5 Å². The average molecular weight is 566 g/mol. The van der Waals surface area contributed by atoms with Crippen LogP contribution in [-0.4, -0.2) is 11.6 Å². The molecule has 8 rings (SSSR count). The quantitative estimate of drug-likeness (QED) is 0.157. The Morgan fingerprint density at radius 1 is 0.455 bits per heavy atom. The van der Waals surface area contributed by atoms with Gasteiger partial charge in [-0.15, -0.1) is 0 Å². The van der Waals surface area contributed by atoms with Crippen molar-refractivity contribution < 1.29 is 9.59 Å². The predicted molar refractivity (Wildman–Crippen MR) is 181 cm³/mol. The SMILES string of the molecule is Cc1ccc2c(c1)C(=O)C(=Cc1ccc3cc(N(c4ccc5ccccc5c4)c4ccc5ccccc5c4)ccc3c1)C2=O. The second kappa shape index (κ2) is 10.2. The minimum Gasteiger partial charge on any atom is -0.310 e. The number of allylic oxidation sites excluding steroid dienone is 1. The van der Waals surface area contributed by atoms with Crippen molar-refractivity contribution in [3.63, 3.8) is 0 Å². The lowest BCUT2D eigenvalue weighted by molar-refractivity contribution is 0.0990. The van der Waals surface area contributed by atoms with Crippen molar-refractivity contribution in [1.82, 2.24) is 0 Å². The number of benzene rings is 7. The molecular formula is C41H27NO2. The molecule has 0 fully saturated rings. The molecule has 0 N–H and O–H groups in total. The number of aryl methyl sites for hydroxylation is 1. The van der Waals surface area contributed by atoms with Crippen molar-refractivity contribution in [2.45, 2.75) is 6.92 Å². The molecule has 0 unspecified atom stereocenters. The van der Waals surface area contributed by atoms with Crippen LogP contribution in [0.2, 0.25) is 0 Å². The Balaban J connectivity index is 1.21. The van der Waals surface area contributed by atoms with Crippen molar-refractivity contribution in [1.29, 1.82) is 0 Å². The number of fused-ring (bicyclic) bond motifs is 4. The van der Waals surface area contributed by atoms with Gasteiger partial charge in [-0.25, -0.2) is 0 Å². The summed E-state index contributed by atoms with van der Waals surface area (Å²) in [6.07, 6.45) is 1.73. The highest BCUT2D eigenvalue weighted by Crippen LogP contribution is 2.39. The lowest BCUT2D eigenvalue weighted by Crippen LogP contribution is -2.10. The fourth-order valence-electron chi connectivity index (χ4n) is 6.29. The third-order valence-corrected chi connectivity index (χ3v) is 8.55. The van der Waals surface area contributed by atoms with Crippen LogP contribution in [0.5, 0.6) is 0 Å². The Bertz CT molecular complexity index is 2270. The summed E-state index contributed by atoms with van der Waals surface area (Å²) in [5.74, 6) is -0.410. The molecule has 0 aromatic heterocycles. The van der Waals surface area contributed by atoms with Gasteiger partial charge in [0.1, 0.15) is 0 Å². The lowest BCUT2D eigenvalue weighted by atomic mass is 10.0. The summed E-state index contributed by atoms with van der Waals surface area (Å²) in [5, 5.41) is 6.87. The first-order valence-corrected chi connectivity index (χ1v) is 14.8. The Morgan fingerprint density at radius 2 is 0.932 bits per heavy atom. The Labute approximate surface area is 255 Å². The van der Waals surface area contributed by atoms with E-state index in [1.807, 2.05) is 25.1 Å². The maximum absolute atomic E-state index is 13.1. The number of rotatable bonds is 4. The summed E-state index contributed by atoms with van der Waals surface area (Å²) in [5.41, 5.74) is 6.19. The van der Waals surface area contributed by atoms with Crippen LogP contribution in [0, 0.1) is 6.92 Å².